The molecule has 0 aliphatic heterocycles. The van der Waals surface area contributed by atoms with Crippen molar-refractivity contribution in [1.29, 1.82) is 0 Å². The van der Waals surface area contributed by atoms with E-state index in [-0.39, 0.29) is 28.6 Å². The number of aromatic nitrogens is 1. The zero-order valence-corrected chi connectivity index (χ0v) is 18.3. The first-order valence-electron chi connectivity index (χ1n) is 9.22. The highest BCUT2D eigenvalue weighted by molar-refractivity contribution is 7.91. The van der Waals surface area contributed by atoms with Crippen LogP contribution in [-0.2, 0) is 19.4 Å². The highest BCUT2D eigenvalue weighted by Crippen LogP contribution is 2.34. The number of carbonyl (C=O) groups is 2. The molecule has 0 aliphatic rings. The molecule has 0 radical (unpaired) electrons. The van der Waals surface area contributed by atoms with Crippen molar-refractivity contribution < 1.29 is 22.7 Å². The summed E-state index contributed by atoms with van der Waals surface area (Å²) in [6, 6.07) is 9.63. The molecule has 9 heteroatoms. The van der Waals surface area contributed by atoms with Gasteiger partial charge in [-0.3, -0.25) is 9.59 Å². The third-order valence-electron chi connectivity index (χ3n) is 4.41. The zero-order valence-electron chi connectivity index (χ0n) is 16.7. The van der Waals surface area contributed by atoms with Gasteiger partial charge in [-0.1, -0.05) is 17.7 Å². The normalized spacial score (nSPS) is 11.5. The first-order valence-corrected chi connectivity index (χ1v) is 11.1. The minimum atomic E-state index is -4.08. The van der Waals surface area contributed by atoms with Crippen LogP contribution in [0, 0.1) is 13.8 Å². The number of benzene rings is 2. The van der Waals surface area contributed by atoms with E-state index in [4.69, 9.17) is 16.3 Å². The molecule has 1 amide bonds. The van der Waals surface area contributed by atoms with Gasteiger partial charge >= 0.3 is 5.97 Å². The van der Waals surface area contributed by atoms with Crippen molar-refractivity contribution in [3.8, 4) is 0 Å². The summed E-state index contributed by atoms with van der Waals surface area (Å²) >= 11 is 6.09. The number of nitrogens with one attached hydrogen (secondary N) is 2. The minimum absolute atomic E-state index is 0.0697. The summed E-state index contributed by atoms with van der Waals surface area (Å²) in [6.45, 7) is 5.03. The SMILES string of the molecule is CCOC(=O)CNC(=O)c1[nH]c2ccc(Cl)cc2c1S(=O)(=O)c1cc(C)cc(C)c1. The Kier molecular flexibility index (Phi) is 6.19. The number of carbonyl (C=O) groups excluding carboxylic acids is 2. The van der Waals surface area contributed by atoms with E-state index in [1.165, 1.54) is 6.07 Å². The lowest BCUT2D eigenvalue weighted by atomic mass is 10.2. The summed E-state index contributed by atoms with van der Waals surface area (Å²) in [5.74, 6) is -1.36. The molecule has 1 heterocycles. The van der Waals surface area contributed by atoms with Crippen molar-refractivity contribution in [3.05, 3.63) is 58.2 Å². The molecule has 0 unspecified atom stereocenters. The molecule has 3 aromatic rings. The van der Waals surface area contributed by atoms with Gasteiger partial charge in [0.2, 0.25) is 9.84 Å². The number of H-pyrrole nitrogens is 1. The molecule has 0 fully saturated rings. The van der Waals surface area contributed by atoms with Crippen LogP contribution in [-0.4, -0.2) is 38.4 Å². The number of amides is 1. The Morgan fingerprint density at radius 3 is 2.40 bits per heavy atom. The lowest BCUT2D eigenvalue weighted by Crippen LogP contribution is -2.31. The van der Waals surface area contributed by atoms with Crippen molar-refractivity contribution in [3.63, 3.8) is 0 Å². The lowest BCUT2D eigenvalue weighted by Gasteiger charge is -2.10. The number of aromatic amines is 1. The summed E-state index contributed by atoms with van der Waals surface area (Å²) in [6.07, 6.45) is 0. The van der Waals surface area contributed by atoms with Crippen LogP contribution in [0.15, 0.2) is 46.2 Å². The molecule has 30 heavy (non-hydrogen) atoms. The first-order chi connectivity index (χ1) is 14.1. The average Bonchev–Trinajstić information content (AvgIpc) is 3.05. The molecule has 3 rings (SSSR count). The van der Waals surface area contributed by atoms with E-state index in [2.05, 4.69) is 10.3 Å². The molecular formula is C21H21ClN2O5S. The summed E-state index contributed by atoms with van der Waals surface area (Å²) in [4.78, 5) is 27.1. The number of hydrogen-bond donors (Lipinski definition) is 2. The number of rotatable bonds is 6. The fourth-order valence-electron chi connectivity index (χ4n) is 3.24. The Labute approximate surface area is 179 Å². The highest BCUT2D eigenvalue weighted by atomic mass is 35.5. The minimum Gasteiger partial charge on any atom is -0.465 e. The Bertz CT molecular complexity index is 1230. The molecule has 0 aliphatic carbocycles. The number of esters is 1. The quantitative estimate of drug-likeness (QED) is 0.561. The third kappa shape index (κ3) is 4.34. The monoisotopic (exact) mass is 448 g/mol. The van der Waals surface area contributed by atoms with E-state index in [9.17, 15) is 18.0 Å². The van der Waals surface area contributed by atoms with Crippen molar-refractivity contribution in [2.24, 2.45) is 0 Å². The topological polar surface area (TPSA) is 105 Å². The molecule has 7 nitrogen and oxygen atoms in total. The van der Waals surface area contributed by atoms with Crippen molar-refractivity contribution in [2.45, 2.75) is 30.6 Å². The molecule has 0 saturated carbocycles. The number of halogens is 1. The van der Waals surface area contributed by atoms with Crippen LogP contribution in [0.1, 0.15) is 28.5 Å². The number of sulfone groups is 1. The standard InChI is InChI=1S/C21H21ClN2O5S/c1-4-29-18(25)11-23-21(26)19-20(16-10-14(22)5-6-17(16)24-19)30(27,28)15-8-12(2)7-13(3)9-15/h5-10,24H,4,11H2,1-3H3,(H,23,26). The third-order valence-corrected chi connectivity index (χ3v) is 6.47. The number of fused-ring (bicyclic) bond motifs is 1. The first kappa shape index (κ1) is 21.9. The number of aryl methyl sites for hydroxylation is 2. The van der Waals surface area contributed by atoms with Gasteiger partial charge in [0.05, 0.1) is 11.5 Å². The predicted octanol–water partition coefficient (Wildman–Crippen LogP) is 3.56. The summed E-state index contributed by atoms with van der Waals surface area (Å²) in [5, 5.41) is 3.03. The molecule has 1 aromatic heterocycles. The molecule has 0 saturated heterocycles. The Balaban J connectivity index is 2.16. The van der Waals surface area contributed by atoms with Gasteiger partial charge in [0, 0.05) is 15.9 Å². The van der Waals surface area contributed by atoms with Crippen molar-refractivity contribution in [2.75, 3.05) is 13.2 Å². The van der Waals surface area contributed by atoms with Gasteiger partial charge in [-0.25, -0.2) is 8.42 Å². The maximum atomic E-state index is 13.6. The average molecular weight is 449 g/mol. The smallest absolute Gasteiger partial charge is 0.325 e. The molecule has 2 N–H and O–H groups in total. The van der Waals surface area contributed by atoms with Gasteiger partial charge in [-0.05, 0) is 62.2 Å². The van der Waals surface area contributed by atoms with E-state index >= 15 is 0 Å². The van der Waals surface area contributed by atoms with Crippen LogP contribution in [0.4, 0.5) is 0 Å². The molecule has 0 bridgehead atoms. The van der Waals surface area contributed by atoms with Gasteiger partial charge < -0.3 is 15.0 Å². The molecule has 2 aromatic carbocycles. The summed E-state index contributed by atoms with van der Waals surface area (Å²) < 4.78 is 31.9. The van der Waals surface area contributed by atoms with E-state index in [1.54, 1.807) is 45.0 Å². The van der Waals surface area contributed by atoms with Crippen LogP contribution in [0.5, 0.6) is 0 Å². The van der Waals surface area contributed by atoms with E-state index in [0.717, 1.165) is 11.1 Å². The van der Waals surface area contributed by atoms with E-state index < -0.39 is 21.7 Å². The van der Waals surface area contributed by atoms with E-state index in [0.29, 0.717) is 15.9 Å². The molecular weight excluding hydrogens is 428 g/mol. The maximum absolute atomic E-state index is 13.6. The van der Waals surface area contributed by atoms with Gasteiger partial charge in [0.25, 0.3) is 5.91 Å². The fourth-order valence-corrected chi connectivity index (χ4v) is 5.20. The van der Waals surface area contributed by atoms with Crippen LogP contribution in [0.25, 0.3) is 10.9 Å². The summed E-state index contributed by atoms with van der Waals surface area (Å²) in [7, 11) is -4.08. The Morgan fingerprint density at radius 2 is 1.77 bits per heavy atom. The lowest BCUT2D eigenvalue weighted by molar-refractivity contribution is -0.141. The second-order valence-corrected chi connectivity index (χ2v) is 9.16. The molecule has 0 atom stereocenters. The fraction of sp³-hybridized carbons (Fsp3) is 0.238. The van der Waals surface area contributed by atoms with Crippen LogP contribution >= 0.6 is 11.6 Å². The molecule has 158 valence electrons. The van der Waals surface area contributed by atoms with Crippen LogP contribution in [0.3, 0.4) is 0 Å². The maximum Gasteiger partial charge on any atom is 0.325 e. The van der Waals surface area contributed by atoms with Gasteiger partial charge in [-0.2, -0.15) is 0 Å². The summed E-state index contributed by atoms with van der Waals surface area (Å²) in [5.41, 5.74) is 1.82. The second-order valence-electron chi connectivity index (χ2n) is 6.83. The van der Waals surface area contributed by atoms with Gasteiger partial charge in [0.15, 0.2) is 0 Å². The number of hydrogen-bond acceptors (Lipinski definition) is 5. The molecule has 0 spiro atoms. The number of ether oxygens (including phenoxy) is 1. The van der Waals surface area contributed by atoms with Gasteiger partial charge in [-0.15, -0.1) is 0 Å². The van der Waals surface area contributed by atoms with Gasteiger partial charge in [0.1, 0.15) is 17.1 Å². The van der Waals surface area contributed by atoms with Crippen molar-refractivity contribution >= 4 is 44.2 Å². The Morgan fingerprint density at radius 1 is 1.10 bits per heavy atom. The Hall–Kier alpha value is -2.84. The van der Waals surface area contributed by atoms with Crippen LogP contribution in [0.2, 0.25) is 5.02 Å². The van der Waals surface area contributed by atoms with Crippen LogP contribution < -0.4 is 5.32 Å². The highest BCUT2D eigenvalue weighted by Gasteiger charge is 2.30. The zero-order chi connectivity index (χ0) is 22.1. The van der Waals surface area contributed by atoms with Crippen molar-refractivity contribution in [1.82, 2.24) is 10.3 Å². The predicted molar refractivity (Wildman–Crippen MR) is 114 cm³/mol. The second kappa shape index (κ2) is 8.49. The largest absolute Gasteiger partial charge is 0.465 e. The van der Waals surface area contributed by atoms with E-state index in [1.807, 2.05) is 6.07 Å².